The van der Waals surface area contributed by atoms with Crippen molar-refractivity contribution in [1.29, 1.82) is 0 Å². The molecule has 50 heavy (non-hydrogen) atoms. The summed E-state index contributed by atoms with van der Waals surface area (Å²) in [4.78, 5) is 13.0. The number of ether oxygens (including phenoxy) is 2. The van der Waals surface area contributed by atoms with Gasteiger partial charge in [0.2, 0.25) is 5.91 Å². The van der Waals surface area contributed by atoms with Gasteiger partial charge in [0, 0.05) is 0 Å². The summed E-state index contributed by atoms with van der Waals surface area (Å²) >= 11 is 0. The van der Waals surface area contributed by atoms with Crippen LogP contribution in [0.25, 0.3) is 0 Å². The standard InChI is InChI=1S/C40H77NO9/c1-3-5-7-9-11-13-15-17-19-21-23-25-27-29-34(44)39(48)41-32(31-49-40-38(47)37(46)36(45)35(30-42)50-40)33(43)28-26-24-22-20-18-16-14-12-10-8-6-4-2/h19,21,32-38,40,42-47H,3-18,20,22-31H2,1-2H3,(H,41,48)/b21-19-. The Morgan fingerprint density at radius 3 is 1.64 bits per heavy atom. The van der Waals surface area contributed by atoms with Crippen LogP contribution in [-0.4, -0.2) is 98.7 Å². The van der Waals surface area contributed by atoms with Crippen molar-refractivity contribution in [2.24, 2.45) is 0 Å². The molecule has 296 valence electrons. The van der Waals surface area contributed by atoms with Crippen LogP contribution in [0.3, 0.4) is 0 Å². The summed E-state index contributed by atoms with van der Waals surface area (Å²) in [5, 5.41) is 64.5. The van der Waals surface area contributed by atoms with Crippen molar-refractivity contribution < 1.29 is 44.9 Å². The highest BCUT2D eigenvalue weighted by Crippen LogP contribution is 2.23. The maximum atomic E-state index is 13.0. The smallest absolute Gasteiger partial charge is 0.249 e. The molecule has 0 aromatic carbocycles. The molecule has 1 rings (SSSR count). The van der Waals surface area contributed by atoms with Gasteiger partial charge in [0.05, 0.1) is 25.4 Å². The van der Waals surface area contributed by atoms with Crippen molar-refractivity contribution in [2.45, 2.75) is 223 Å². The summed E-state index contributed by atoms with van der Waals surface area (Å²) in [7, 11) is 0. The number of nitrogens with one attached hydrogen (secondary N) is 1. The fourth-order valence-electron chi connectivity index (χ4n) is 6.51. The Morgan fingerprint density at radius 1 is 0.660 bits per heavy atom. The molecular formula is C40H77NO9. The predicted octanol–water partition coefficient (Wildman–Crippen LogP) is 6.36. The topological polar surface area (TPSA) is 169 Å². The van der Waals surface area contributed by atoms with E-state index in [2.05, 4.69) is 31.3 Å². The molecule has 0 aromatic heterocycles. The fourth-order valence-corrected chi connectivity index (χ4v) is 6.51. The number of unbranched alkanes of at least 4 members (excludes halogenated alkanes) is 20. The molecule has 7 N–H and O–H groups in total. The van der Waals surface area contributed by atoms with E-state index >= 15 is 0 Å². The van der Waals surface area contributed by atoms with Gasteiger partial charge in [0.15, 0.2) is 6.29 Å². The molecule has 8 atom stereocenters. The summed E-state index contributed by atoms with van der Waals surface area (Å²) < 4.78 is 11.1. The lowest BCUT2D eigenvalue weighted by Gasteiger charge is -2.40. The molecule has 1 heterocycles. The van der Waals surface area contributed by atoms with E-state index in [0.29, 0.717) is 19.3 Å². The number of carbonyl (C=O) groups is 1. The summed E-state index contributed by atoms with van der Waals surface area (Å²) in [5.41, 5.74) is 0. The lowest BCUT2D eigenvalue weighted by atomic mass is 9.99. The van der Waals surface area contributed by atoms with Gasteiger partial charge in [0.25, 0.3) is 0 Å². The van der Waals surface area contributed by atoms with Crippen LogP contribution < -0.4 is 5.32 Å². The number of aliphatic hydroxyl groups is 6. The van der Waals surface area contributed by atoms with Gasteiger partial charge in [-0.2, -0.15) is 0 Å². The number of hydrogen-bond acceptors (Lipinski definition) is 9. The average molecular weight is 716 g/mol. The number of aliphatic hydroxyl groups excluding tert-OH is 6. The Bertz CT molecular complexity index is 814. The Balaban J connectivity index is 2.48. The third-order valence-electron chi connectivity index (χ3n) is 9.98. The Kier molecular flexibility index (Phi) is 29.5. The number of hydrogen-bond donors (Lipinski definition) is 7. The highest BCUT2D eigenvalue weighted by atomic mass is 16.7. The van der Waals surface area contributed by atoms with Gasteiger partial charge >= 0.3 is 0 Å². The molecule has 0 saturated carbocycles. The number of rotatable bonds is 33. The van der Waals surface area contributed by atoms with E-state index in [4.69, 9.17) is 9.47 Å². The quantitative estimate of drug-likeness (QED) is 0.0302. The van der Waals surface area contributed by atoms with Crippen molar-refractivity contribution in [1.82, 2.24) is 5.32 Å². The molecule has 0 radical (unpaired) electrons. The van der Waals surface area contributed by atoms with Crippen LogP contribution in [0.5, 0.6) is 0 Å². The Labute approximate surface area is 304 Å². The molecule has 0 bridgehead atoms. The first-order valence-corrected chi connectivity index (χ1v) is 20.5. The van der Waals surface area contributed by atoms with E-state index < -0.39 is 61.5 Å². The van der Waals surface area contributed by atoms with Gasteiger partial charge in [-0.3, -0.25) is 4.79 Å². The number of amides is 1. The first kappa shape index (κ1) is 46.9. The molecule has 8 unspecified atom stereocenters. The van der Waals surface area contributed by atoms with Gasteiger partial charge in [-0.1, -0.05) is 148 Å². The zero-order valence-corrected chi connectivity index (χ0v) is 31.8. The number of carbonyl (C=O) groups excluding carboxylic acids is 1. The SMILES string of the molecule is CCCCCCCCC/C=C\CCCCC(O)C(=O)NC(COC1OC(CO)C(O)C(O)C1O)C(O)CCCCCCCCCCCCCC. The minimum Gasteiger partial charge on any atom is -0.394 e. The predicted molar refractivity (Wildman–Crippen MR) is 200 cm³/mol. The van der Waals surface area contributed by atoms with E-state index in [1.807, 2.05) is 0 Å². The fraction of sp³-hybridized carbons (Fsp3) is 0.925. The minimum absolute atomic E-state index is 0.260. The molecule has 1 aliphatic heterocycles. The highest BCUT2D eigenvalue weighted by Gasteiger charge is 2.44. The number of allylic oxidation sites excluding steroid dienone is 2. The molecule has 1 saturated heterocycles. The normalized spacial score (nSPS) is 22.9. The van der Waals surface area contributed by atoms with Crippen molar-refractivity contribution in [3.8, 4) is 0 Å². The first-order valence-electron chi connectivity index (χ1n) is 20.5. The van der Waals surface area contributed by atoms with Gasteiger partial charge in [-0.05, 0) is 38.5 Å². The van der Waals surface area contributed by atoms with E-state index in [9.17, 15) is 35.4 Å². The molecular weight excluding hydrogens is 638 g/mol. The van der Waals surface area contributed by atoms with E-state index in [0.717, 1.165) is 44.9 Å². The molecule has 1 aliphatic rings. The van der Waals surface area contributed by atoms with Crippen molar-refractivity contribution in [3.05, 3.63) is 12.2 Å². The molecule has 1 amide bonds. The second-order valence-electron chi connectivity index (χ2n) is 14.6. The largest absolute Gasteiger partial charge is 0.394 e. The summed E-state index contributed by atoms with van der Waals surface area (Å²) in [5.74, 6) is -0.601. The van der Waals surface area contributed by atoms with Crippen LogP contribution in [0.15, 0.2) is 12.2 Å². The summed E-state index contributed by atoms with van der Waals surface area (Å²) in [6.45, 7) is 3.62. The second kappa shape index (κ2) is 31.4. The maximum Gasteiger partial charge on any atom is 0.249 e. The van der Waals surface area contributed by atoms with E-state index in [-0.39, 0.29) is 6.61 Å². The van der Waals surface area contributed by atoms with Crippen LogP contribution in [0, 0.1) is 0 Å². The van der Waals surface area contributed by atoms with Crippen molar-refractivity contribution in [2.75, 3.05) is 13.2 Å². The monoisotopic (exact) mass is 716 g/mol. The zero-order valence-electron chi connectivity index (χ0n) is 31.8. The third kappa shape index (κ3) is 22.1. The van der Waals surface area contributed by atoms with Crippen molar-refractivity contribution >= 4 is 5.91 Å². The van der Waals surface area contributed by atoms with Gasteiger partial charge < -0.3 is 45.4 Å². The van der Waals surface area contributed by atoms with Gasteiger partial charge in [-0.25, -0.2) is 0 Å². The lowest BCUT2D eigenvalue weighted by Crippen LogP contribution is -2.60. The minimum atomic E-state index is -1.60. The van der Waals surface area contributed by atoms with Gasteiger partial charge in [0.1, 0.15) is 30.5 Å². The van der Waals surface area contributed by atoms with Crippen LogP contribution in [0.1, 0.15) is 174 Å². The summed E-state index contributed by atoms with van der Waals surface area (Å²) in [6, 6.07) is -0.896. The summed E-state index contributed by atoms with van der Waals surface area (Å²) in [6.07, 6.45) is 22.6. The molecule has 10 heteroatoms. The molecule has 0 aliphatic carbocycles. The Hall–Kier alpha value is -1.11. The average Bonchev–Trinajstić information content (AvgIpc) is 3.11. The van der Waals surface area contributed by atoms with Gasteiger partial charge in [-0.15, -0.1) is 0 Å². The highest BCUT2D eigenvalue weighted by molar-refractivity contribution is 5.80. The third-order valence-corrected chi connectivity index (χ3v) is 9.98. The van der Waals surface area contributed by atoms with Crippen molar-refractivity contribution in [3.63, 3.8) is 0 Å². The van der Waals surface area contributed by atoms with E-state index in [1.165, 1.54) is 96.3 Å². The maximum absolute atomic E-state index is 13.0. The molecule has 0 aromatic rings. The molecule has 10 nitrogen and oxygen atoms in total. The zero-order chi connectivity index (χ0) is 36.8. The molecule has 1 fully saturated rings. The van der Waals surface area contributed by atoms with Crippen LogP contribution in [0.2, 0.25) is 0 Å². The van der Waals surface area contributed by atoms with Crippen LogP contribution in [0.4, 0.5) is 0 Å². The lowest BCUT2D eigenvalue weighted by molar-refractivity contribution is -0.302. The Morgan fingerprint density at radius 2 is 1.12 bits per heavy atom. The molecule has 0 spiro atoms. The first-order chi connectivity index (χ1) is 24.3. The van der Waals surface area contributed by atoms with E-state index in [1.54, 1.807) is 0 Å². The van der Waals surface area contributed by atoms with Crippen LogP contribution in [-0.2, 0) is 14.3 Å². The van der Waals surface area contributed by atoms with Crippen LogP contribution >= 0.6 is 0 Å². The second-order valence-corrected chi connectivity index (χ2v) is 14.6.